The van der Waals surface area contributed by atoms with Crippen molar-refractivity contribution < 1.29 is 17.0 Å². The molecule has 0 bridgehead atoms. The van der Waals surface area contributed by atoms with E-state index in [1.165, 1.54) is 18.4 Å². The van der Waals surface area contributed by atoms with Gasteiger partial charge in [-0.15, -0.1) is 0 Å². The third-order valence-corrected chi connectivity index (χ3v) is 5.40. The number of hydrogen-bond acceptors (Lipinski definition) is 3. The molecule has 0 spiro atoms. The zero-order valence-electron chi connectivity index (χ0n) is 11.4. The first-order chi connectivity index (χ1) is 8.63. The van der Waals surface area contributed by atoms with Crippen molar-refractivity contribution in [1.29, 1.82) is 0 Å². The van der Waals surface area contributed by atoms with Crippen LogP contribution in [0.25, 0.3) is 0 Å². The Morgan fingerprint density at radius 1 is 1.32 bits per heavy atom. The van der Waals surface area contributed by atoms with Crippen molar-refractivity contribution in [2.75, 3.05) is 12.0 Å². The van der Waals surface area contributed by atoms with Gasteiger partial charge in [-0.25, -0.2) is 17.5 Å². The summed E-state index contributed by atoms with van der Waals surface area (Å²) in [7, 11) is -4.82. The molecular weight excluding hydrogens is 289 g/mol. The molecule has 108 valence electrons. The molecule has 0 aliphatic carbocycles. The number of hydrogen-bond donors (Lipinski definition) is 1. The number of benzene rings is 1. The predicted octanol–water partition coefficient (Wildman–Crippen LogP) is 1.49. The summed E-state index contributed by atoms with van der Waals surface area (Å²) in [4.78, 5) is 0.0858. The molecular formula is C12H18FNO3S2. The number of sulfonamides is 1. The molecule has 1 aromatic rings. The summed E-state index contributed by atoms with van der Waals surface area (Å²) in [5, 5.41) is 0. The van der Waals surface area contributed by atoms with E-state index in [2.05, 4.69) is 4.72 Å². The number of nitrogens with one attached hydrogen (secondary N) is 1. The summed E-state index contributed by atoms with van der Waals surface area (Å²) < 4.78 is 51.2. The second-order valence-corrected chi connectivity index (χ2v) is 7.76. The standard InChI is InChI=1S/C12H18FNO3S2/c1-8-5-11(13)6-9(2)12(8)19(16,17)14-10(3)7-18(4)15/h5-6,10,14H,7H2,1-4H3. The maximum absolute atomic E-state index is 13.2. The first-order valence-corrected chi connectivity index (χ1v) is 8.93. The molecule has 1 aromatic carbocycles. The van der Waals surface area contributed by atoms with Crippen LogP contribution >= 0.6 is 0 Å². The van der Waals surface area contributed by atoms with E-state index in [-0.39, 0.29) is 10.6 Å². The van der Waals surface area contributed by atoms with Crippen molar-refractivity contribution in [3.05, 3.63) is 29.1 Å². The Hall–Kier alpha value is -0.790. The largest absolute Gasteiger partial charge is 0.260 e. The van der Waals surface area contributed by atoms with Gasteiger partial charge >= 0.3 is 0 Å². The minimum Gasteiger partial charge on any atom is -0.260 e. The summed E-state index contributed by atoms with van der Waals surface area (Å²) >= 11 is 0. The Kier molecular flexibility index (Phi) is 5.23. The molecule has 7 heteroatoms. The lowest BCUT2D eigenvalue weighted by Gasteiger charge is -2.16. The van der Waals surface area contributed by atoms with Crippen LogP contribution in [0.15, 0.2) is 17.0 Å². The van der Waals surface area contributed by atoms with Gasteiger partial charge in [0.05, 0.1) is 4.90 Å². The lowest BCUT2D eigenvalue weighted by atomic mass is 10.1. The fourth-order valence-corrected chi connectivity index (χ4v) is 4.62. The average Bonchev–Trinajstić information content (AvgIpc) is 2.10. The first kappa shape index (κ1) is 16.3. The van der Waals surface area contributed by atoms with E-state index >= 15 is 0 Å². The zero-order valence-corrected chi connectivity index (χ0v) is 13.0. The van der Waals surface area contributed by atoms with Gasteiger partial charge in [0.1, 0.15) is 5.82 Å². The molecule has 0 saturated heterocycles. The molecule has 0 saturated carbocycles. The van der Waals surface area contributed by atoms with Crippen molar-refractivity contribution in [3.8, 4) is 0 Å². The fraction of sp³-hybridized carbons (Fsp3) is 0.500. The van der Waals surface area contributed by atoms with E-state index < -0.39 is 32.7 Å². The third-order valence-electron chi connectivity index (χ3n) is 2.53. The first-order valence-electron chi connectivity index (χ1n) is 5.72. The van der Waals surface area contributed by atoms with E-state index in [9.17, 15) is 17.0 Å². The molecule has 0 heterocycles. The van der Waals surface area contributed by atoms with Gasteiger partial charge in [-0.2, -0.15) is 0 Å². The average molecular weight is 307 g/mol. The van der Waals surface area contributed by atoms with Gasteiger partial charge < -0.3 is 0 Å². The summed E-state index contributed by atoms with van der Waals surface area (Å²) in [6.07, 6.45) is 1.51. The smallest absolute Gasteiger partial charge is 0.241 e. The second-order valence-electron chi connectivity index (χ2n) is 4.63. The SMILES string of the molecule is Cc1cc(F)cc(C)c1S(=O)(=O)NC(C)CS(C)=O. The number of aryl methyl sites for hydroxylation is 2. The third kappa shape index (κ3) is 4.36. The maximum atomic E-state index is 13.2. The highest BCUT2D eigenvalue weighted by Gasteiger charge is 2.22. The van der Waals surface area contributed by atoms with E-state index in [0.29, 0.717) is 11.1 Å². The van der Waals surface area contributed by atoms with Gasteiger partial charge in [-0.3, -0.25) is 4.21 Å². The molecule has 0 aromatic heterocycles. The van der Waals surface area contributed by atoms with Crippen LogP contribution in [0.1, 0.15) is 18.1 Å². The Bertz CT molecular complexity index is 576. The molecule has 0 radical (unpaired) electrons. The summed E-state index contributed by atoms with van der Waals surface area (Å²) in [5.41, 5.74) is 0.713. The van der Waals surface area contributed by atoms with Crippen LogP contribution < -0.4 is 4.72 Å². The van der Waals surface area contributed by atoms with Crippen molar-refractivity contribution in [2.45, 2.75) is 31.7 Å². The molecule has 0 aliphatic heterocycles. The van der Waals surface area contributed by atoms with Crippen LogP contribution in [0.5, 0.6) is 0 Å². The van der Waals surface area contributed by atoms with Crippen molar-refractivity contribution in [2.24, 2.45) is 0 Å². The highest BCUT2D eigenvalue weighted by atomic mass is 32.2. The van der Waals surface area contributed by atoms with Gasteiger partial charge in [0.25, 0.3) is 0 Å². The van der Waals surface area contributed by atoms with Gasteiger partial charge in [0, 0.05) is 28.9 Å². The highest BCUT2D eigenvalue weighted by molar-refractivity contribution is 7.89. The van der Waals surface area contributed by atoms with Crippen LogP contribution in [-0.2, 0) is 20.8 Å². The molecule has 2 unspecified atom stereocenters. The lowest BCUT2D eigenvalue weighted by molar-refractivity contribution is 0.567. The predicted molar refractivity (Wildman–Crippen MR) is 74.6 cm³/mol. The molecule has 0 aliphatic rings. The van der Waals surface area contributed by atoms with Crippen LogP contribution in [-0.4, -0.2) is 30.7 Å². The maximum Gasteiger partial charge on any atom is 0.241 e. The number of rotatable bonds is 5. The second kappa shape index (κ2) is 6.11. The Morgan fingerprint density at radius 3 is 2.21 bits per heavy atom. The van der Waals surface area contributed by atoms with Gasteiger partial charge in [0.2, 0.25) is 10.0 Å². The van der Waals surface area contributed by atoms with E-state index in [1.54, 1.807) is 20.8 Å². The summed E-state index contributed by atoms with van der Waals surface area (Å²) in [5.74, 6) is -0.227. The highest BCUT2D eigenvalue weighted by Crippen LogP contribution is 2.21. The minimum absolute atomic E-state index is 0.0858. The van der Waals surface area contributed by atoms with Crippen LogP contribution in [0, 0.1) is 19.7 Å². The van der Waals surface area contributed by atoms with Gasteiger partial charge in [-0.1, -0.05) is 0 Å². The minimum atomic E-state index is -3.73. The quantitative estimate of drug-likeness (QED) is 0.896. The van der Waals surface area contributed by atoms with Crippen LogP contribution in [0.3, 0.4) is 0 Å². The Morgan fingerprint density at radius 2 is 1.79 bits per heavy atom. The summed E-state index contributed by atoms with van der Waals surface area (Å²) in [6.45, 7) is 4.74. The molecule has 4 nitrogen and oxygen atoms in total. The van der Waals surface area contributed by atoms with E-state index in [0.717, 1.165) is 0 Å². The van der Waals surface area contributed by atoms with Crippen LogP contribution in [0.4, 0.5) is 4.39 Å². The molecule has 1 rings (SSSR count). The Labute approximate surface area is 115 Å². The molecule has 19 heavy (non-hydrogen) atoms. The monoisotopic (exact) mass is 307 g/mol. The van der Waals surface area contributed by atoms with Crippen molar-refractivity contribution in [3.63, 3.8) is 0 Å². The topological polar surface area (TPSA) is 63.2 Å². The lowest BCUT2D eigenvalue weighted by Crippen LogP contribution is -2.36. The fourth-order valence-electron chi connectivity index (χ4n) is 2.03. The Balaban J connectivity index is 3.11. The number of halogens is 1. The molecule has 0 amide bonds. The molecule has 2 atom stereocenters. The normalized spacial score (nSPS) is 15.2. The van der Waals surface area contributed by atoms with Crippen LogP contribution in [0.2, 0.25) is 0 Å². The van der Waals surface area contributed by atoms with Gasteiger partial charge in [0.15, 0.2) is 0 Å². The van der Waals surface area contributed by atoms with E-state index in [1.807, 2.05) is 0 Å². The van der Waals surface area contributed by atoms with Crippen molar-refractivity contribution in [1.82, 2.24) is 4.72 Å². The van der Waals surface area contributed by atoms with E-state index in [4.69, 9.17) is 0 Å². The molecule has 0 fully saturated rings. The molecule has 1 N–H and O–H groups in total. The van der Waals surface area contributed by atoms with Gasteiger partial charge in [-0.05, 0) is 44.0 Å². The van der Waals surface area contributed by atoms with Crippen molar-refractivity contribution >= 4 is 20.8 Å². The zero-order chi connectivity index (χ0) is 14.8. The summed E-state index contributed by atoms with van der Waals surface area (Å²) in [6, 6.07) is 1.92.